The minimum atomic E-state index is -3.96. The molecule has 1 amide bonds. The van der Waals surface area contributed by atoms with E-state index < -0.39 is 12.6 Å². The smallest absolute Gasteiger partial charge is 0.349 e. The summed E-state index contributed by atoms with van der Waals surface area (Å²) in [5, 5.41) is 6.44. The standard InChI is InChI=1S/C21H27N3O.C3H5F3/c1-3-15(2)16-4-6-17(7-5-16)18-12-19(14-23-13-18)21(25)24-20-8-10-22-11-9-20;1-2-3(4,5)6/h4-7,12-15,20,22H,3,8-11H2,1-2H3,(H,24,25);2H2,1H3. The number of aromatic nitrogens is 1. The number of hydrogen-bond acceptors (Lipinski definition) is 3. The fourth-order valence-electron chi connectivity index (χ4n) is 3.20. The number of nitrogens with zero attached hydrogens (tertiary/aromatic N) is 1. The van der Waals surface area contributed by atoms with Gasteiger partial charge in [0.15, 0.2) is 0 Å². The van der Waals surface area contributed by atoms with E-state index in [0.29, 0.717) is 11.5 Å². The number of rotatable bonds is 5. The third-order valence-electron chi connectivity index (χ3n) is 5.50. The SMILES string of the molecule is CCC(C)c1ccc(-c2cncc(C(=O)NC3CCNCC3)c2)cc1.CCC(F)(F)F. The van der Waals surface area contributed by atoms with Crippen molar-refractivity contribution in [2.24, 2.45) is 0 Å². The number of piperidine rings is 1. The van der Waals surface area contributed by atoms with E-state index in [-0.39, 0.29) is 11.9 Å². The molecule has 3 rings (SSSR count). The first-order valence-corrected chi connectivity index (χ1v) is 10.9. The topological polar surface area (TPSA) is 54.0 Å². The highest BCUT2D eigenvalue weighted by molar-refractivity contribution is 5.95. The summed E-state index contributed by atoms with van der Waals surface area (Å²) in [6.07, 6.45) is 1.87. The van der Waals surface area contributed by atoms with Crippen LogP contribution >= 0.6 is 0 Å². The van der Waals surface area contributed by atoms with Gasteiger partial charge in [0.1, 0.15) is 0 Å². The molecule has 2 N–H and O–H groups in total. The first-order valence-electron chi connectivity index (χ1n) is 10.9. The molecule has 1 unspecified atom stereocenters. The van der Waals surface area contributed by atoms with Crippen LogP contribution in [0.25, 0.3) is 11.1 Å². The Bertz CT molecular complexity index is 816. The van der Waals surface area contributed by atoms with Crippen molar-refractivity contribution in [3.8, 4) is 11.1 Å². The average molecular weight is 436 g/mol. The Balaban J connectivity index is 0.000000501. The van der Waals surface area contributed by atoms with Gasteiger partial charge in [-0.3, -0.25) is 9.78 Å². The van der Waals surface area contributed by atoms with Crippen LogP contribution in [0.5, 0.6) is 0 Å². The molecule has 1 aromatic carbocycles. The molecule has 7 heteroatoms. The van der Waals surface area contributed by atoms with Crippen molar-refractivity contribution >= 4 is 5.91 Å². The molecule has 31 heavy (non-hydrogen) atoms. The Hall–Kier alpha value is -2.41. The molecule has 0 spiro atoms. The Kier molecular flexibility index (Phi) is 9.49. The van der Waals surface area contributed by atoms with Crippen LogP contribution < -0.4 is 10.6 Å². The van der Waals surface area contributed by atoms with Gasteiger partial charge in [0.25, 0.3) is 5.91 Å². The zero-order valence-corrected chi connectivity index (χ0v) is 18.4. The van der Waals surface area contributed by atoms with Crippen LogP contribution in [-0.4, -0.2) is 36.2 Å². The Morgan fingerprint density at radius 1 is 1.13 bits per heavy atom. The van der Waals surface area contributed by atoms with Crippen molar-refractivity contribution in [3.05, 3.63) is 53.9 Å². The monoisotopic (exact) mass is 435 g/mol. The summed E-state index contributed by atoms with van der Waals surface area (Å²) in [7, 11) is 0. The van der Waals surface area contributed by atoms with Crippen LogP contribution in [0.2, 0.25) is 0 Å². The predicted octanol–water partition coefficient (Wildman–Crippen LogP) is 5.70. The number of hydrogen-bond donors (Lipinski definition) is 2. The molecule has 2 aromatic rings. The van der Waals surface area contributed by atoms with Crippen molar-refractivity contribution in [2.45, 2.75) is 64.6 Å². The molecule has 0 aliphatic carbocycles. The van der Waals surface area contributed by atoms with Gasteiger partial charge in [-0.25, -0.2) is 0 Å². The lowest BCUT2D eigenvalue weighted by Crippen LogP contribution is -2.42. The molecule has 4 nitrogen and oxygen atoms in total. The lowest BCUT2D eigenvalue weighted by Gasteiger charge is -2.23. The van der Waals surface area contributed by atoms with Crippen LogP contribution in [0.1, 0.15) is 68.3 Å². The second kappa shape index (κ2) is 11.8. The van der Waals surface area contributed by atoms with Gasteiger partial charge in [-0.2, -0.15) is 13.2 Å². The quantitative estimate of drug-likeness (QED) is 0.633. The summed E-state index contributed by atoms with van der Waals surface area (Å²) in [6.45, 7) is 7.45. The van der Waals surface area contributed by atoms with E-state index in [1.54, 1.807) is 6.20 Å². The average Bonchev–Trinajstić information content (AvgIpc) is 2.79. The maximum absolute atomic E-state index is 12.5. The number of carbonyl (C=O) groups is 1. The number of halogens is 3. The van der Waals surface area contributed by atoms with E-state index >= 15 is 0 Å². The maximum atomic E-state index is 12.5. The van der Waals surface area contributed by atoms with Crippen LogP contribution in [-0.2, 0) is 0 Å². The van der Waals surface area contributed by atoms with Crippen LogP contribution in [0.3, 0.4) is 0 Å². The molecule has 0 bridgehead atoms. The van der Waals surface area contributed by atoms with Crippen molar-refractivity contribution in [1.29, 1.82) is 0 Å². The van der Waals surface area contributed by atoms with Gasteiger partial charge in [-0.05, 0) is 55.5 Å². The van der Waals surface area contributed by atoms with Gasteiger partial charge in [0.05, 0.1) is 5.56 Å². The molecular weight excluding hydrogens is 403 g/mol. The molecule has 170 valence electrons. The first-order chi connectivity index (χ1) is 14.7. The van der Waals surface area contributed by atoms with Crippen molar-refractivity contribution in [1.82, 2.24) is 15.6 Å². The lowest BCUT2D eigenvalue weighted by molar-refractivity contribution is -0.130. The van der Waals surface area contributed by atoms with Crippen molar-refractivity contribution < 1.29 is 18.0 Å². The molecule has 1 aliphatic heterocycles. The summed E-state index contributed by atoms with van der Waals surface area (Å²) >= 11 is 0. The molecule has 1 aliphatic rings. The molecule has 1 fully saturated rings. The summed E-state index contributed by atoms with van der Waals surface area (Å²) < 4.78 is 32.4. The largest absolute Gasteiger partial charge is 0.388 e. The molecule has 1 atom stereocenters. The van der Waals surface area contributed by atoms with E-state index in [1.807, 2.05) is 12.3 Å². The number of benzene rings is 1. The third-order valence-corrected chi connectivity index (χ3v) is 5.50. The number of carbonyl (C=O) groups excluding carboxylic acids is 1. The van der Waals surface area contributed by atoms with Crippen LogP contribution in [0, 0.1) is 0 Å². The van der Waals surface area contributed by atoms with E-state index in [9.17, 15) is 18.0 Å². The zero-order valence-electron chi connectivity index (χ0n) is 18.4. The fraction of sp³-hybridized carbons (Fsp3) is 0.500. The summed E-state index contributed by atoms with van der Waals surface area (Å²) in [4.78, 5) is 16.8. The molecule has 1 saturated heterocycles. The minimum Gasteiger partial charge on any atom is -0.349 e. The molecule has 2 heterocycles. The number of pyridine rings is 1. The highest BCUT2D eigenvalue weighted by atomic mass is 19.4. The maximum Gasteiger partial charge on any atom is 0.388 e. The summed E-state index contributed by atoms with van der Waals surface area (Å²) in [5.74, 6) is 0.534. The van der Waals surface area contributed by atoms with E-state index in [2.05, 4.69) is 53.7 Å². The van der Waals surface area contributed by atoms with Crippen LogP contribution in [0.15, 0.2) is 42.7 Å². The zero-order chi connectivity index (χ0) is 22.9. The Morgan fingerprint density at radius 3 is 2.29 bits per heavy atom. The van der Waals surface area contributed by atoms with Crippen molar-refractivity contribution in [3.63, 3.8) is 0 Å². The highest BCUT2D eigenvalue weighted by Crippen LogP contribution is 2.24. The van der Waals surface area contributed by atoms with Gasteiger partial charge >= 0.3 is 6.18 Å². The third kappa shape index (κ3) is 8.32. The minimum absolute atomic E-state index is 0.0301. The second-order valence-corrected chi connectivity index (χ2v) is 7.86. The van der Waals surface area contributed by atoms with Crippen molar-refractivity contribution in [2.75, 3.05) is 13.1 Å². The highest BCUT2D eigenvalue weighted by Gasteiger charge is 2.22. The lowest BCUT2D eigenvalue weighted by atomic mass is 9.96. The Morgan fingerprint density at radius 2 is 1.74 bits per heavy atom. The summed E-state index contributed by atoms with van der Waals surface area (Å²) in [5.41, 5.74) is 4.05. The predicted molar refractivity (Wildman–Crippen MR) is 118 cm³/mol. The van der Waals surface area contributed by atoms with Gasteiger partial charge in [-0.1, -0.05) is 45.0 Å². The van der Waals surface area contributed by atoms with Gasteiger partial charge in [-0.15, -0.1) is 0 Å². The van der Waals surface area contributed by atoms with E-state index in [0.717, 1.165) is 50.4 Å². The van der Waals surface area contributed by atoms with Gasteiger partial charge < -0.3 is 10.6 Å². The van der Waals surface area contributed by atoms with Crippen LogP contribution in [0.4, 0.5) is 13.2 Å². The molecular formula is C24H32F3N3O. The number of alkyl halides is 3. The number of nitrogens with one attached hydrogen (secondary N) is 2. The van der Waals surface area contributed by atoms with Gasteiger partial charge in [0, 0.05) is 30.4 Å². The molecule has 0 radical (unpaired) electrons. The number of amides is 1. The molecule has 0 saturated carbocycles. The molecule has 1 aromatic heterocycles. The first kappa shape index (κ1) is 24.9. The summed E-state index contributed by atoms with van der Waals surface area (Å²) in [6, 6.07) is 10.8. The van der Waals surface area contributed by atoms with E-state index in [1.165, 1.54) is 5.56 Å². The Labute approximate surface area is 182 Å². The van der Waals surface area contributed by atoms with Gasteiger partial charge in [0.2, 0.25) is 0 Å². The fourth-order valence-corrected chi connectivity index (χ4v) is 3.20. The van der Waals surface area contributed by atoms with E-state index in [4.69, 9.17) is 0 Å². The second-order valence-electron chi connectivity index (χ2n) is 7.86. The normalized spacial score (nSPS) is 15.5.